The van der Waals surface area contributed by atoms with Gasteiger partial charge in [-0.25, -0.2) is 13.4 Å². The number of hydrogen-bond donors (Lipinski definition) is 0. The number of carbonyl (C=O) groups is 1. The van der Waals surface area contributed by atoms with Crippen LogP contribution in [0.25, 0.3) is 0 Å². The van der Waals surface area contributed by atoms with Gasteiger partial charge in [-0.1, -0.05) is 45.7 Å². The van der Waals surface area contributed by atoms with E-state index in [0.29, 0.717) is 49.7 Å². The number of sulfone groups is 1. The summed E-state index contributed by atoms with van der Waals surface area (Å²) in [5.74, 6) is 0.295. The molecule has 0 radical (unpaired) electrons. The van der Waals surface area contributed by atoms with Gasteiger partial charge in [-0.3, -0.25) is 9.69 Å². The fourth-order valence-corrected chi connectivity index (χ4v) is 6.60. The zero-order chi connectivity index (χ0) is 24.7. The molecule has 1 saturated carbocycles. The molecule has 1 aliphatic carbocycles. The van der Waals surface area contributed by atoms with E-state index in [9.17, 15) is 26.4 Å². The van der Waals surface area contributed by atoms with Gasteiger partial charge in [0.15, 0.2) is 9.84 Å². The van der Waals surface area contributed by atoms with Gasteiger partial charge in [0.2, 0.25) is 5.91 Å². The van der Waals surface area contributed by atoms with E-state index in [1.165, 1.54) is 17.2 Å². The van der Waals surface area contributed by atoms with Crippen molar-refractivity contribution in [2.75, 3.05) is 11.4 Å². The third kappa shape index (κ3) is 4.65. The zero-order valence-corrected chi connectivity index (χ0v) is 20.1. The third-order valence-corrected chi connectivity index (χ3v) is 8.70. The van der Waals surface area contributed by atoms with Crippen LogP contribution in [0.4, 0.5) is 19.0 Å². The lowest BCUT2D eigenvalue weighted by Crippen LogP contribution is -2.40. The first-order valence-electron chi connectivity index (χ1n) is 10.9. The lowest BCUT2D eigenvalue weighted by molar-refractivity contribution is -0.137. The van der Waals surface area contributed by atoms with Gasteiger partial charge >= 0.3 is 6.18 Å². The van der Waals surface area contributed by atoms with Crippen LogP contribution in [-0.4, -0.2) is 25.9 Å². The van der Waals surface area contributed by atoms with Crippen LogP contribution < -0.4 is 4.90 Å². The monoisotopic (exact) mass is 482 g/mol. The van der Waals surface area contributed by atoms with E-state index in [-0.39, 0.29) is 10.8 Å². The molecule has 1 amide bonds. The highest BCUT2D eigenvalue weighted by molar-refractivity contribution is 7.92. The molecule has 9 heteroatoms. The first-order valence-corrected chi connectivity index (χ1v) is 12.4. The van der Waals surface area contributed by atoms with Crippen LogP contribution in [0.5, 0.6) is 0 Å². The van der Waals surface area contributed by atoms with Crippen LogP contribution in [0.1, 0.15) is 64.5 Å². The Morgan fingerprint density at radius 3 is 2.21 bits per heavy atom. The minimum absolute atomic E-state index is 0.114. The number of pyridine rings is 1. The van der Waals surface area contributed by atoms with Gasteiger partial charge in [0.25, 0.3) is 0 Å². The van der Waals surface area contributed by atoms with Gasteiger partial charge in [-0.05, 0) is 49.6 Å². The maximum Gasteiger partial charge on any atom is 0.416 e. The Morgan fingerprint density at radius 1 is 1.09 bits per heavy atom. The highest BCUT2D eigenvalue weighted by Gasteiger charge is 2.49. The second-order valence-corrected chi connectivity index (χ2v) is 11.7. The van der Waals surface area contributed by atoms with Crippen molar-refractivity contribution in [2.24, 2.45) is 5.41 Å². The molecule has 2 aromatic rings. The first kappa shape index (κ1) is 25.2. The third-order valence-electron chi connectivity index (χ3n) is 6.15. The molecule has 1 aromatic carbocycles. The molecular weight excluding hydrogens is 453 g/mol. The summed E-state index contributed by atoms with van der Waals surface area (Å²) < 4.78 is 65.7. The number of alkyl halides is 3. The number of halogens is 3. The number of carbonyl (C=O) groups excluding carboxylic acids is 1. The largest absolute Gasteiger partial charge is 0.416 e. The Kier molecular flexibility index (Phi) is 6.68. The molecule has 5 nitrogen and oxygen atoms in total. The summed E-state index contributed by atoms with van der Waals surface area (Å²) in [7, 11) is -4.13. The Labute approximate surface area is 192 Å². The molecule has 0 aliphatic heterocycles. The molecule has 0 unspecified atom stereocenters. The fraction of sp³-hybridized carbons (Fsp3) is 0.500. The van der Waals surface area contributed by atoms with Crippen LogP contribution >= 0.6 is 0 Å². The van der Waals surface area contributed by atoms with E-state index >= 15 is 0 Å². The number of amides is 1. The molecule has 0 N–H and O–H groups in total. The maximum absolute atomic E-state index is 13.7. The Bertz CT molecular complexity index is 1110. The SMILES string of the molecule is CCN(C(=O)C(C)(C)C)c1ccc(C2(S(=O)(=O)c3cccc(C(F)(F)F)c3)CCCC2)cn1. The standard InChI is InChI=1S/C24H29F3N2O3S/c1-5-29(21(30)22(2,3)4)20-12-11-18(16-28-20)23(13-6-7-14-23)33(31,32)19-10-8-9-17(15-19)24(25,26)27/h8-12,15-16H,5-7,13-14H2,1-4H3. The van der Waals surface area contributed by atoms with Crippen LogP contribution in [0, 0.1) is 5.41 Å². The predicted molar refractivity (Wildman–Crippen MR) is 120 cm³/mol. The molecule has 0 spiro atoms. The van der Waals surface area contributed by atoms with Gasteiger partial charge in [0.1, 0.15) is 10.6 Å². The van der Waals surface area contributed by atoms with Gasteiger partial charge in [-0.2, -0.15) is 13.2 Å². The van der Waals surface area contributed by atoms with Crippen LogP contribution in [0.3, 0.4) is 0 Å². The van der Waals surface area contributed by atoms with Crippen molar-refractivity contribution in [1.29, 1.82) is 0 Å². The van der Waals surface area contributed by atoms with Crippen molar-refractivity contribution in [3.63, 3.8) is 0 Å². The van der Waals surface area contributed by atoms with Crippen molar-refractivity contribution < 1.29 is 26.4 Å². The minimum Gasteiger partial charge on any atom is -0.297 e. The zero-order valence-electron chi connectivity index (χ0n) is 19.2. The fourth-order valence-electron chi connectivity index (χ4n) is 4.35. The molecule has 180 valence electrons. The molecule has 1 aromatic heterocycles. The average molecular weight is 483 g/mol. The Morgan fingerprint density at radius 2 is 1.73 bits per heavy atom. The predicted octanol–water partition coefficient (Wildman–Crippen LogP) is 5.74. The summed E-state index contributed by atoms with van der Waals surface area (Å²) in [5.41, 5.74) is -1.18. The number of hydrogen-bond acceptors (Lipinski definition) is 4. The first-order chi connectivity index (χ1) is 15.2. The number of aromatic nitrogens is 1. The summed E-state index contributed by atoms with van der Waals surface area (Å²) >= 11 is 0. The highest BCUT2D eigenvalue weighted by atomic mass is 32.2. The highest BCUT2D eigenvalue weighted by Crippen LogP contribution is 2.48. The molecule has 0 bridgehead atoms. The Hall–Kier alpha value is -2.42. The number of nitrogens with zero attached hydrogens (tertiary/aromatic N) is 2. The summed E-state index contributed by atoms with van der Waals surface area (Å²) in [6.45, 7) is 7.65. The summed E-state index contributed by atoms with van der Waals surface area (Å²) in [4.78, 5) is 18.3. The van der Waals surface area contributed by atoms with Crippen molar-refractivity contribution >= 4 is 21.6 Å². The number of anilines is 1. The van der Waals surface area contributed by atoms with Crippen LogP contribution in [-0.2, 0) is 25.6 Å². The molecule has 0 saturated heterocycles. The number of benzene rings is 1. The van der Waals surface area contributed by atoms with E-state index < -0.39 is 31.7 Å². The molecule has 1 aliphatic rings. The van der Waals surface area contributed by atoms with Crippen molar-refractivity contribution in [3.8, 4) is 0 Å². The molecule has 1 fully saturated rings. The van der Waals surface area contributed by atoms with Gasteiger partial charge in [-0.15, -0.1) is 0 Å². The van der Waals surface area contributed by atoms with E-state index in [1.807, 2.05) is 27.7 Å². The summed E-state index contributed by atoms with van der Waals surface area (Å²) in [6.07, 6.45) is -1.31. The maximum atomic E-state index is 13.7. The lowest BCUT2D eigenvalue weighted by Gasteiger charge is -2.31. The quantitative estimate of drug-likeness (QED) is 0.545. The average Bonchev–Trinajstić information content (AvgIpc) is 3.25. The normalized spacial score (nSPS) is 16.6. The summed E-state index contributed by atoms with van der Waals surface area (Å²) in [6, 6.07) is 7.16. The molecule has 3 rings (SSSR count). The number of rotatable bonds is 5. The van der Waals surface area contributed by atoms with Gasteiger partial charge in [0, 0.05) is 18.2 Å². The topological polar surface area (TPSA) is 67.3 Å². The molecule has 33 heavy (non-hydrogen) atoms. The van der Waals surface area contributed by atoms with Crippen molar-refractivity contribution in [2.45, 2.75) is 69.2 Å². The molecule has 1 heterocycles. The van der Waals surface area contributed by atoms with E-state index in [0.717, 1.165) is 12.1 Å². The smallest absolute Gasteiger partial charge is 0.297 e. The molecular formula is C24H29F3N2O3S. The van der Waals surface area contributed by atoms with Crippen LogP contribution in [0.2, 0.25) is 0 Å². The van der Waals surface area contributed by atoms with Crippen molar-refractivity contribution in [1.82, 2.24) is 4.98 Å². The van der Waals surface area contributed by atoms with Crippen molar-refractivity contribution in [3.05, 3.63) is 53.7 Å². The van der Waals surface area contributed by atoms with E-state index in [4.69, 9.17) is 0 Å². The Balaban J connectivity index is 2.05. The minimum atomic E-state index is -4.64. The molecule has 0 atom stereocenters. The van der Waals surface area contributed by atoms with Gasteiger partial charge in [0.05, 0.1) is 10.5 Å². The second kappa shape index (κ2) is 8.74. The summed E-state index contributed by atoms with van der Waals surface area (Å²) in [5, 5.41) is 0. The van der Waals surface area contributed by atoms with E-state index in [1.54, 1.807) is 12.1 Å². The second-order valence-electron chi connectivity index (χ2n) is 9.43. The lowest BCUT2D eigenvalue weighted by atomic mass is 9.94. The van der Waals surface area contributed by atoms with Crippen LogP contribution in [0.15, 0.2) is 47.5 Å². The van der Waals surface area contributed by atoms with E-state index in [2.05, 4.69) is 4.98 Å². The van der Waals surface area contributed by atoms with Gasteiger partial charge < -0.3 is 0 Å².